The minimum Gasteiger partial charge on any atom is -0.455 e. The van der Waals surface area contributed by atoms with E-state index in [0.717, 1.165) is 230 Å². The number of benzene rings is 17. The first kappa shape index (κ1) is 78.9. The number of hydrogen-bond acceptors (Lipinski definition) is 6. The molecule has 17 aromatic carbocycles. The number of amides is 1. The summed E-state index contributed by atoms with van der Waals surface area (Å²) in [5, 5.41) is 4.33. The summed E-state index contributed by atoms with van der Waals surface area (Å²) in [5.74, 6) is -0.228. The maximum Gasteiger partial charge on any atom is 3.00 e. The summed E-state index contributed by atoms with van der Waals surface area (Å²) in [6.07, 6.45) is 8.98. The van der Waals surface area contributed by atoms with Crippen molar-refractivity contribution in [3.8, 4) is 167 Å². The van der Waals surface area contributed by atoms with Gasteiger partial charge in [-0.2, -0.15) is 0 Å². The van der Waals surface area contributed by atoms with Gasteiger partial charge in [-0.1, -0.05) is 304 Å². The molecule has 22 aromatic rings. The van der Waals surface area contributed by atoms with Crippen LogP contribution in [0.5, 0.6) is 0 Å². The SMILES string of the molecule is O=C(c1cc(-c2ccccc2-c2ccc(-c3[c-]ccc(-c4cc(-c5ccccc5)c(-c5cccc6c5oc5ccccc56)cc4-c4ccccc4)c3)nc2)cc(-c2ccccc2-c2ccc(-c3[c-]ccc(-c4cc(-c5ccccc5)c(-c5cccc6c5oc5ccccc56)cc4-c4ccccc4)c3)nc2)c1)N(c1ccccc1)c1ccc(-c2[c-]cc3c(c2)CCC3)nc1.[Ir+3]. The van der Waals surface area contributed by atoms with Crippen LogP contribution in [0, 0.1) is 18.2 Å². The molecule has 1 amide bonds. The van der Waals surface area contributed by atoms with Crippen molar-refractivity contribution in [3.05, 3.63) is 466 Å². The number of aromatic nitrogens is 3. The number of carbonyl (C=O) groups is 1. The molecule has 8 heteroatoms. The third kappa shape index (κ3) is 14.9. The fraction of sp³-hybridized carbons (Fsp3) is 0.0248. The molecule has 0 spiro atoms. The molecule has 5 aromatic heterocycles. The van der Waals surface area contributed by atoms with Gasteiger partial charge in [-0.05, 0) is 208 Å². The van der Waals surface area contributed by atoms with Crippen LogP contribution >= 0.6 is 0 Å². The largest absolute Gasteiger partial charge is 3.00 e. The van der Waals surface area contributed by atoms with Gasteiger partial charge in [-0.3, -0.25) is 9.69 Å². The summed E-state index contributed by atoms with van der Waals surface area (Å²) in [5.41, 5.74) is 37.2. The van der Waals surface area contributed by atoms with Crippen molar-refractivity contribution in [3.63, 3.8) is 0 Å². The van der Waals surface area contributed by atoms with Gasteiger partial charge in [-0.25, -0.2) is 0 Å². The Morgan fingerprint density at radius 2 is 0.636 bits per heavy atom. The fourth-order valence-corrected chi connectivity index (χ4v) is 18.9. The predicted octanol–water partition coefficient (Wildman–Crippen LogP) is 31.5. The molecule has 23 rings (SSSR count). The molecule has 0 aliphatic heterocycles. The fourth-order valence-electron chi connectivity index (χ4n) is 18.9. The van der Waals surface area contributed by atoms with Gasteiger partial charge in [0.1, 0.15) is 22.3 Å². The van der Waals surface area contributed by atoms with Gasteiger partial charge in [0.15, 0.2) is 0 Å². The normalized spacial score (nSPS) is 11.8. The smallest absolute Gasteiger partial charge is 0.455 e. The molecule has 0 radical (unpaired) electrons. The number of hydrogen-bond donors (Lipinski definition) is 0. The number of rotatable bonds is 18. The van der Waals surface area contributed by atoms with Crippen molar-refractivity contribution in [2.24, 2.45) is 0 Å². The minimum absolute atomic E-state index is 0. The van der Waals surface area contributed by atoms with Crippen molar-refractivity contribution >= 4 is 61.2 Å². The molecule has 608 valence electrons. The average molecular weight is 1830 g/mol. The Morgan fingerprint density at radius 3 is 1.09 bits per heavy atom. The quantitative estimate of drug-likeness (QED) is 0.0796. The van der Waals surface area contributed by atoms with E-state index in [9.17, 15) is 0 Å². The zero-order valence-electron chi connectivity index (χ0n) is 70.0. The first-order valence-corrected chi connectivity index (χ1v) is 43.5. The predicted molar refractivity (Wildman–Crippen MR) is 524 cm³/mol. The molecule has 0 saturated heterocycles. The van der Waals surface area contributed by atoms with Crippen LogP contribution in [0.3, 0.4) is 0 Å². The summed E-state index contributed by atoms with van der Waals surface area (Å²) in [6, 6.07) is 155. The van der Waals surface area contributed by atoms with Crippen molar-refractivity contribution in [2.45, 2.75) is 19.3 Å². The number of nitrogens with zero attached hydrogens (tertiary/aromatic N) is 4. The Morgan fingerprint density at radius 1 is 0.264 bits per heavy atom. The van der Waals surface area contributed by atoms with Gasteiger partial charge in [0.05, 0.1) is 5.69 Å². The van der Waals surface area contributed by atoms with Crippen molar-refractivity contribution in [1.29, 1.82) is 0 Å². The summed E-state index contributed by atoms with van der Waals surface area (Å²) in [4.78, 5) is 33.8. The van der Waals surface area contributed by atoms with Crippen LogP contribution in [0.2, 0.25) is 0 Å². The monoisotopic (exact) mass is 1830 g/mol. The maximum atomic E-state index is 16.4. The van der Waals surface area contributed by atoms with Crippen LogP contribution in [0.4, 0.5) is 11.4 Å². The Kier molecular flexibility index (Phi) is 20.8. The van der Waals surface area contributed by atoms with Gasteiger partial charge >= 0.3 is 20.1 Å². The van der Waals surface area contributed by atoms with Gasteiger partial charge in [0.25, 0.3) is 5.91 Å². The average Bonchev–Trinajstić information content (AvgIpc) is 1.55. The van der Waals surface area contributed by atoms with Gasteiger partial charge in [0.2, 0.25) is 0 Å². The molecule has 0 unspecified atom stereocenters. The van der Waals surface area contributed by atoms with E-state index in [4.69, 9.17) is 23.8 Å². The van der Waals surface area contributed by atoms with Crippen LogP contribution in [0.15, 0.2) is 440 Å². The number of pyridine rings is 3. The third-order valence-corrected chi connectivity index (χ3v) is 25.2. The maximum absolute atomic E-state index is 16.4. The van der Waals surface area contributed by atoms with E-state index in [2.05, 4.69) is 340 Å². The Balaban J connectivity index is 0.00000978. The van der Waals surface area contributed by atoms with Crippen LogP contribution < -0.4 is 4.90 Å². The standard InChI is InChI=1S/C121H77N4O3.Ir/c126-121(125(94-43-14-5-15-44-94)95-61-64-116(124-77-95)88-58-57-78-37-24-38-83(78)65-88)93-69-91(98-47-18-16-45-96(98)89-59-62-114(122-75-89)86-41-25-39-84(66-86)110-71-108(81-33-10-3-11-34-81)112(73-106(110)79-29-6-1-7-30-79)104-53-27-51-102-100-49-20-22-55-117(100)127-119(102)104)68-92(70-93)99-48-19-17-46-97(99)90-60-63-115(123-76-90)87-42-26-40-85(67-87)111-72-109(82-35-12-4-13-36-82)113(74-107(111)80-31-8-2-9-32-80)105-54-28-52-103-101-50-21-23-56-118(101)128-120(103)105;/h1-23,25-36,39-40,43-57,59-77H,24,37-38H2;/q-3;+3. The number of fused-ring (bicyclic) bond motifs is 7. The second kappa shape index (κ2) is 34.1. The number of anilines is 2. The van der Waals surface area contributed by atoms with E-state index in [0.29, 0.717) is 16.9 Å². The first-order chi connectivity index (χ1) is 63.4. The molecule has 0 bridgehead atoms. The molecule has 0 fully saturated rings. The topological polar surface area (TPSA) is 85.3 Å². The van der Waals surface area contributed by atoms with E-state index in [1.54, 1.807) is 4.90 Å². The van der Waals surface area contributed by atoms with Gasteiger partial charge in [-0.15, -0.1) is 106 Å². The van der Waals surface area contributed by atoms with Gasteiger partial charge in [0, 0.05) is 62.5 Å². The van der Waals surface area contributed by atoms with Crippen molar-refractivity contribution in [1.82, 2.24) is 15.0 Å². The van der Waals surface area contributed by atoms with E-state index >= 15 is 4.79 Å². The third-order valence-electron chi connectivity index (χ3n) is 25.2. The van der Waals surface area contributed by atoms with Crippen LogP contribution in [-0.2, 0) is 32.9 Å². The minimum atomic E-state index is -0.228. The molecule has 129 heavy (non-hydrogen) atoms. The molecule has 7 nitrogen and oxygen atoms in total. The second-order valence-corrected chi connectivity index (χ2v) is 32.8. The molecular weight excluding hydrogens is 1750 g/mol. The Labute approximate surface area is 761 Å². The second-order valence-electron chi connectivity index (χ2n) is 32.8. The van der Waals surface area contributed by atoms with Crippen LogP contribution in [-0.4, -0.2) is 20.9 Å². The Hall–Kier alpha value is -16.1. The van der Waals surface area contributed by atoms with Crippen molar-refractivity contribution < 1.29 is 33.7 Å². The molecule has 5 heterocycles. The van der Waals surface area contributed by atoms with E-state index in [1.165, 1.54) is 11.1 Å². The molecule has 0 N–H and O–H groups in total. The molecular formula is C121H77IrN4O3. The summed E-state index contributed by atoms with van der Waals surface area (Å²) < 4.78 is 13.5. The van der Waals surface area contributed by atoms with E-state index < -0.39 is 0 Å². The summed E-state index contributed by atoms with van der Waals surface area (Å²) in [7, 11) is 0. The van der Waals surface area contributed by atoms with Crippen LogP contribution in [0.25, 0.3) is 211 Å². The molecule has 0 saturated carbocycles. The zero-order valence-corrected chi connectivity index (χ0v) is 72.4. The molecule has 1 aliphatic carbocycles. The Bertz CT molecular complexity index is 7620. The molecule has 0 atom stereocenters. The first-order valence-electron chi connectivity index (χ1n) is 43.5. The van der Waals surface area contributed by atoms with E-state index in [1.807, 2.05) is 110 Å². The number of aryl methyl sites for hydroxylation is 2. The van der Waals surface area contributed by atoms with Crippen LogP contribution in [0.1, 0.15) is 27.9 Å². The summed E-state index contributed by atoms with van der Waals surface area (Å²) >= 11 is 0. The number of para-hydroxylation sites is 5. The summed E-state index contributed by atoms with van der Waals surface area (Å²) in [6.45, 7) is 0. The molecule has 1 aliphatic rings. The number of carbonyl (C=O) groups excluding carboxylic acids is 1. The number of furan rings is 2. The van der Waals surface area contributed by atoms with Gasteiger partial charge < -0.3 is 23.8 Å². The zero-order chi connectivity index (χ0) is 85.0. The van der Waals surface area contributed by atoms with Crippen molar-refractivity contribution in [2.75, 3.05) is 4.90 Å². The van der Waals surface area contributed by atoms with E-state index in [-0.39, 0.29) is 26.0 Å².